The van der Waals surface area contributed by atoms with E-state index in [9.17, 15) is 9.90 Å². The molecule has 0 saturated heterocycles. The first-order valence-corrected chi connectivity index (χ1v) is 7.55. The molecule has 0 bridgehead atoms. The Kier molecular flexibility index (Phi) is 8.57. The Morgan fingerprint density at radius 3 is 2.65 bits per heavy atom. The van der Waals surface area contributed by atoms with Crippen LogP contribution in [0.5, 0.6) is 0 Å². The summed E-state index contributed by atoms with van der Waals surface area (Å²) in [5, 5.41) is 15.6. The zero-order chi connectivity index (χ0) is 14.8. The largest absolute Gasteiger partial charge is 0.389 e. The number of amides is 2. The second-order valence-corrected chi connectivity index (χ2v) is 5.58. The SMILES string of the molecule is CN(C)C(=O)NCCNCC(O)COC1CCCCC1. The van der Waals surface area contributed by atoms with Crippen LogP contribution < -0.4 is 10.6 Å². The van der Waals surface area contributed by atoms with Crippen LogP contribution in [0.4, 0.5) is 4.79 Å². The highest BCUT2D eigenvalue weighted by Gasteiger charge is 2.15. The van der Waals surface area contributed by atoms with Crippen LogP contribution in [0, 0.1) is 0 Å². The van der Waals surface area contributed by atoms with E-state index in [1.165, 1.54) is 24.2 Å². The molecule has 0 heterocycles. The summed E-state index contributed by atoms with van der Waals surface area (Å²) < 4.78 is 5.71. The maximum atomic E-state index is 11.2. The third kappa shape index (κ3) is 7.67. The molecule has 6 nitrogen and oxygen atoms in total. The minimum absolute atomic E-state index is 0.104. The summed E-state index contributed by atoms with van der Waals surface area (Å²) in [7, 11) is 3.41. The second-order valence-electron chi connectivity index (χ2n) is 5.58. The average molecular weight is 287 g/mol. The molecule has 1 aliphatic rings. The molecule has 2 amide bonds. The van der Waals surface area contributed by atoms with E-state index in [0.29, 0.717) is 32.3 Å². The van der Waals surface area contributed by atoms with Crippen LogP contribution in [0.15, 0.2) is 0 Å². The predicted octanol–water partition coefficient (Wildman–Crippen LogP) is 0.557. The van der Waals surface area contributed by atoms with Crippen molar-refractivity contribution in [1.82, 2.24) is 15.5 Å². The molecule has 1 saturated carbocycles. The molecule has 0 aliphatic heterocycles. The lowest BCUT2D eigenvalue weighted by Gasteiger charge is -2.23. The zero-order valence-corrected chi connectivity index (χ0v) is 12.7. The van der Waals surface area contributed by atoms with Gasteiger partial charge in [-0.25, -0.2) is 4.79 Å². The maximum Gasteiger partial charge on any atom is 0.316 e. The first kappa shape index (κ1) is 17.2. The Morgan fingerprint density at radius 1 is 1.30 bits per heavy atom. The van der Waals surface area contributed by atoms with Gasteiger partial charge in [0.15, 0.2) is 0 Å². The normalized spacial score (nSPS) is 17.8. The molecule has 1 rings (SSSR count). The number of rotatable bonds is 8. The third-order valence-corrected chi connectivity index (χ3v) is 3.44. The molecule has 1 atom stereocenters. The highest BCUT2D eigenvalue weighted by molar-refractivity contribution is 5.73. The highest BCUT2D eigenvalue weighted by Crippen LogP contribution is 2.20. The number of carbonyl (C=O) groups excluding carboxylic acids is 1. The Labute approximate surface area is 121 Å². The van der Waals surface area contributed by atoms with E-state index in [4.69, 9.17) is 4.74 Å². The van der Waals surface area contributed by atoms with Crippen LogP contribution >= 0.6 is 0 Å². The number of urea groups is 1. The number of aliphatic hydroxyl groups excluding tert-OH is 1. The molecule has 3 N–H and O–H groups in total. The standard InChI is InChI=1S/C14H29N3O3/c1-17(2)14(19)16-9-8-15-10-12(18)11-20-13-6-4-3-5-7-13/h12-13,15,18H,3-11H2,1-2H3,(H,16,19). The molecule has 0 aromatic heterocycles. The second kappa shape index (κ2) is 9.96. The van der Waals surface area contributed by atoms with Crippen LogP contribution in [-0.2, 0) is 4.74 Å². The Balaban J connectivity index is 1.94. The molecule has 6 heteroatoms. The van der Waals surface area contributed by atoms with Gasteiger partial charge >= 0.3 is 6.03 Å². The molecule has 118 valence electrons. The Morgan fingerprint density at radius 2 is 2.00 bits per heavy atom. The van der Waals surface area contributed by atoms with Gasteiger partial charge in [0.25, 0.3) is 0 Å². The predicted molar refractivity (Wildman–Crippen MR) is 78.8 cm³/mol. The summed E-state index contributed by atoms with van der Waals surface area (Å²) in [6, 6.07) is -0.104. The number of aliphatic hydroxyl groups is 1. The van der Waals surface area contributed by atoms with E-state index in [2.05, 4.69) is 10.6 Å². The van der Waals surface area contributed by atoms with Gasteiger partial charge in [0.1, 0.15) is 0 Å². The van der Waals surface area contributed by atoms with Crippen LogP contribution in [0.25, 0.3) is 0 Å². The van der Waals surface area contributed by atoms with Crippen molar-refractivity contribution in [1.29, 1.82) is 0 Å². The summed E-state index contributed by atoms with van der Waals surface area (Å²) in [5.74, 6) is 0. The number of hydrogen-bond donors (Lipinski definition) is 3. The Bertz CT molecular complexity index is 268. The van der Waals surface area contributed by atoms with Crippen molar-refractivity contribution in [2.24, 2.45) is 0 Å². The van der Waals surface area contributed by atoms with Crippen molar-refractivity contribution < 1.29 is 14.6 Å². The van der Waals surface area contributed by atoms with Crippen molar-refractivity contribution in [3.8, 4) is 0 Å². The van der Waals surface area contributed by atoms with Gasteiger partial charge in [-0.1, -0.05) is 19.3 Å². The van der Waals surface area contributed by atoms with E-state index in [1.54, 1.807) is 14.1 Å². The molecular weight excluding hydrogens is 258 g/mol. The van der Waals surface area contributed by atoms with E-state index in [-0.39, 0.29) is 6.03 Å². The number of nitrogens with one attached hydrogen (secondary N) is 2. The highest BCUT2D eigenvalue weighted by atomic mass is 16.5. The molecule has 0 spiro atoms. The lowest BCUT2D eigenvalue weighted by Crippen LogP contribution is -2.40. The third-order valence-electron chi connectivity index (χ3n) is 3.44. The molecular formula is C14H29N3O3. The van der Waals surface area contributed by atoms with Crippen LogP contribution in [0.2, 0.25) is 0 Å². The summed E-state index contributed by atoms with van der Waals surface area (Å²) in [4.78, 5) is 12.7. The quantitative estimate of drug-likeness (QED) is 0.570. The monoisotopic (exact) mass is 287 g/mol. The van der Waals surface area contributed by atoms with E-state index in [0.717, 1.165) is 12.8 Å². The van der Waals surface area contributed by atoms with Gasteiger partial charge in [0, 0.05) is 33.7 Å². The van der Waals surface area contributed by atoms with Gasteiger partial charge in [0.2, 0.25) is 0 Å². The summed E-state index contributed by atoms with van der Waals surface area (Å²) in [6.07, 6.45) is 5.88. The lowest BCUT2D eigenvalue weighted by atomic mass is 9.98. The minimum atomic E-state index is -0.485. The van der Waals surface area contributed by atoms with Gasteiger partial charge in [-0.3, -0.25) is 0 Å². The van der Waals surface area contributed by atoms with Crippen molar-refractivity contribution in [2.75, 3.05) is 40.3 Å². The fraction of sp³-hybridized carbons (Fsp3) is 0.929. The molecule has 20 heavy (non-hydrogen) atoms. The Hall–Kier alpha value is -0.850. The lowest BCUT2D eigenvalue weighted by molar-refractivity contribution is -0.0228. The molecule has 0 aromatic rings. The number of nitrogens with zero attached hydrogens (tertiary/aromatic N) is 1. The van der Waals surface area contributed by atoms with E-state index < -0.39 is 6.10 Å². The number of ether oxygens (including phenoxy) is 1. The number of carbonyl (C=O) groups is 1. The van der Waals surface area contributed by atoms with Crippen LogP contribution in [-0.4, -0.2) is 68.6 Å². The average Bonchev–Trinajstić information content (AvgIpc) is 2.45. The molecule has 1 aliphatic carbocycles. The molecule has 0 radical (unpaired) electrons. The van der Waals surface area contributed by atoms with Crippen molar-refractivity contribution in [3.05, 3.63) is 0 Å². The topological polar surface area (TPSA) is 73.8 Å². The zero-order valence-electron chi connectivity index (χ0n) is 12.7. The first-order valence-electron chi connectivity index (χ1n) is 7.55. The van der Waals surface area contributed by atoms with Crippen molar-refractivity contribution in [2.45, 2.75) is 44.3 Å². The molecule has 0 aromatic carbocycles. The smallest absolute Gasteiger partial charge is 0.316 e. The maximum absolute atomic E-state index is 11.2. The minimum Gasteiger partial charge on any atom is -0.389 e. The number of hydrogen-bond acceptors (Lipinski definition) is 4. The molecule has 1 unspecified atom stereocenters. The summed E-state index contributed by atoms with van der Waals surface area (Å²) in [5.41, 5.74) is 0. The summed E-state index contributed by atoms with van der Waals surface area (Å²) >= 11 is 0. The van der Waals surface area contributed by atoms with E-state index >= 15 is 0 Å². The molecule has 1 fully saturated rings. The van der Waals surface area contributed by atoms with Gasteiger partial charge in [-0.05, 0) is 12.8 Å². The first-order chi connectivity index (χ1) is 9.59. The van der Waals surface area contributed by atoms with Crippen LogP contribution in [0.1, 0.15) is 32.1 Å². The fourth-order valence-corrected chi connectivity index (χ4v) is 2.22. The van der Waals surface area contributed by atoms with Gasteiger partial charge < -0.3 is 25.4 Å². The van der Waals surface area contributed by atoms with Crippen molar-refractivity contribution in [3.63, 3.8) is 0 Å². The fourth-order valence-electron chi connectivity index (χ4n) is 2.22. The van der Waals surface area contributed by atoms with Gasteiger partial charge in [0.05, 0.1) is 18.8 Å². The van der Waals surface area contributed by atoms with Crippen molar-refractivity contribution >= 4 is 6.03 Å². The van der Waals surface area contributed by atoms with E-state index in [1.807, 2.05) is 0 Å². The summed E-state index contributed by atoms with van der Waals surface area (Å²) in [6.45, 7) is 2.07. The van der Waals surface area contributed by atoms with Gasteiger partial charge in [-0.15, -0.1) is 0 Å². The van der Waals surface area contributed by atoms with Gasteiger partial charge in [-0.2, -0.15) is 0 Å². The van der Waals surface area contributed by atoms with Crippen LogP contribution in [0.3, 0.4) is 0 Å².